The fourth-order valence-electron chi connectivity index (χ4n) is 4.14. The van der Waals surface area contributed by atoms with Crippen LogP contribution in [0.4, 0.5) is 22.0 Å². The minimum absolute atomic E-state index is 0.00331. The number of halogens is 5. The first-order valence-corrected chi connectivity index (χ1v) is 11.1. The first-order chi connectivity index (χ1) is 14.6. The lowest BCUT2D eigenvalue weighted by molar-refractivity contribution is -0.133. The molecule has 2 aliphatic rings. The molecule has 1 heterocycles. The summed E-state index contributed by atoms with van der Waals surface area (Å²) in [6.45, 7) is -1.10. The van der Waals surface area contributed by atoms with E-state index < -0.39 is 70.6 Å². The summed E-state index contributed by atoms with van der Waals surface area (Å²) in [6.07, 6.45) is 1.53. The van der Waals surface area contributed by atoms with Crippen LogP contribution in [0.1, 0.15) is 17.9 Å². The minimum Gasteiger partial charge on any atom is -0.598 e. The number of carbonyl (C=O) groups is 1. The monoisotopic (exact) mass is 458 g/mol. The molecule has 1 aliphatic heterocycles. The summed E-state index contributed by atoms with van der Waals surface area (Å²) in [4.78, 5) is 13.8. The van der Waals surface area contributed by atoms with Crippen LogP contribution in [0.3, 0.4) is 0 Å². The summed E-state index contributed by atoms with van der Waals surface area (Å²) in [5, 5.41) is 0. The van der Waals surface area contributed by atoms with Crippen LogP contribution in [0.15, 0.2) is 36.4 Å². The second kappa shape index (κ2) is 8.07. The molecule has 10 heteroatoms. The lowest BCUT2D eigenvalue weighted by atomic mass is 9.94. The fraction of sp³-hybridized carbons (Fsp3) is 0.381. The van der Waals surface area contributed by atoms with E-state index in [4.69, 9.17) is 0 Å². The number of amides is 1. The molecule has 0 radical (unpaired) electrons. The molecule has 4 rings (SSSR count). The number of likely N-dealkylation sites (tertiary alicyclic amines) is 1. The minimum atomic E-state index is -3.23. The summed E-state index contributed by atoms with van der Waals surface area (Å²) in [5.41, 5.74) is 0.000104. The van der Waals surface area contributed by atoms with E-state index in [9.17, 15) is 31.3 Å². The summed E-state index contributed by atoms with van der Waals surface area (Å²) < 4.78 is 84.4. The topological polar surface area (TPSA) is 55.4 Å². The number of hydrogen-bond acceptors (Lipinski definition) is 3. The fourth-order valence-corrected chi connectivity index (χ4v) is 4.79. The third-order valence-electron chi connectivity index (χ3n) is 5.69. The average molecular weight is 458 g/mol. The highest BCUT2D eigenvalue weighted by Gasteiger charge is 2.55. The molecule has 1 saturated carbocycles. The number of nitrogens with zero attached hydrogens (tertiary/aromatic N) is 1. The van der Waals surface area contributed by atoms with Crippen molar-refractivity contribution in [3.8, 4) is 11.1 Å². The van der Waals surface area contributed by atoms with Gasteiger partial charge in [0.05, 0.1) is 12.1 Å². The van der Waals surface area contributed by atoms with Gasteiger partial charge in [-0.1, -0.05) is 12.1 Å². The molecule has 166 valence electrons. The average Bonchev–Trinajstić information content (AvgIpc) is 3.40. The summed E-state index contributed by atoms with van der Waals surface area (Å²) in [7, 11) is 0. The van der Waals surface area contributed by atoms with E-state index in [0.717, 1.165) is 29.2 Å². The molecule has 4 atom stereocenters. The van der Waals surface area contributed by atoms with E-state index in [2.05, 4.69) is 4.72 Å². The van der Waals surface area contributed by atoms with Crippen molar-refractivity contribution < 1.29 is 31.3 Å². The Hall–Kier alpha value is -2.17. The zero-order valence-corrected chi connectivity index (χ0v) is 17.2. The van der Waals surface area contributed by atoms with Crippen molar-refractivity contribution in [2.75, 3.05) is 19.3 Å². The van der Waals surface area contributed by atoms with E-state index in [1.165, 1.54) is 18.4 Å². The van der Waals surface area contributed by atoms with E-state index in [-0.39, 0.29) is 12.1 Å². The van der Waals surface area contributed by atoms with Crippen LogP contribution in [-0.4, -0.2) is 46.7 Å². The molecule has 0 spiro atoms. The van der Waals surface area contributed by atoms with E-state index in [1.54, 1.807) is 0 Å². The van der Waals surface area contributed by atoms with Crippen LogP contribution in [0.2, 0.25) is 0 Å². The molecule has 2 aromatic carbocycles. The van der Waals surface area contributed by atoms with Crippen molar-refractivity contribution in [2.45, 2.75) is 24.3 Å². The van der Waals surface area contributed by atoms with E-state index >= 15 is 0 Å². The molecule has 2 aromatic rings. The zero-order chi connectivity index (χ0) is 22.5. The SMILES string of the molecule is C[S+]([O-])NC1CN(C(=O)C2CC2c2ccc(F)cc2-c2c(F)cccc2F)CC1(F)F. The highest BCUT2D eigenvalue weighted by atomic mass is 32.2. The normalized spacial score (nSPS) is 25.5. The largest absolute Gasteiger partial charge is 0.598 e. The molecule has 31 heavy (non-hydrogen) atoms. The Morgan fingerprint density at radius 1 is 1.19 bits per heavy atom. The van der Waals surface area contributed by atoms with Crippen molar-refractivity contribution in [2.24, 2.45) is 5.92 Å². The molecule has 0 aromatic heterocycles. The van der Waals surface area contributed by atoms with Crippen molar-refractivity contribution in [1.29, 1.82) is 0 Å². The summed E-state index contributed by atoms with van der Waals surface area (Å²) in [6, 6.07) is 5.40. The number of alkyl halides is 2. The standard InChI is InChI=1S/C21H19F5N2O2S/c1-31(30)27-18-9-28(10-21(18,25)26)20(29)15-8-13(15)12-6-5-11(22)7-14(12)19-16(23)3-2-4-17(19)24/h2-7,13,15,18,27H,8-10H2,1H3. The summed E-state index contributed by atoms with van der Waals surface area (Å²) in [5.74, 6) is -7.29. The van der Waals surface area contributed by atoms with Crippen LogP contribution in [0.5, 0.6) is 0 Å². The summed E-state index contributed by atoms with van der Waals surface area (Å²) >= 11 is -1.67. The van der Waals surface area contributed by atoms with Gasteiger partial charge in [0.2, 0.25) is 5.91 Å². The van der Waals surface area contributed by atoms with Crippen LogP contribution >= 0.6 is 0 Å². The number of carbonyl (C=O) groups excluding carboxylic acids is 1. The Bertz CT molecular complexity index is 999. The predicted octanol–water partition coefficient (Wildman–Crippen LogP) is 3.60. The third kappa shape index (κ3) is 4.28. The molecule has 1 N–H and O–H groups in total. The van der Waals surface area contributed by atoms with Crippen molar-refractivity contribution in [3.05, 3.63) is 59.4 Å². The molecule has 1 aliphatic carbocycles. The van der Waals surface area contributed by atoms with Crippen molar-refractivity contribution in [3.63, 3.8) is 0 Å². The smallest absolute Gasteiger partial charge is 0.286 e. The number of hydrogen-bond donors (Lipinski definition) is 1. The highest BCUT2D eigenvalue weighted by Crippen LogP contribution is 2.52. The predicted molar refractivity (Wildman–Crippen MR) is 105 cm³/mol. The Morgan fingerprint density at radius 2 is 1.87 bits per heavy atom. The molecule has 1 saturated heterocycles. The van der Waals surface area contributed by atoms with Gasteiger partial charge in [0.1, 0.15) is 29.7 Å². The Morgan fingerprint density at radius 3 is 2.52 bits per heavy atom. The van der Waals surface area contributed by atoms with Gasteiger partial charge in [0.15, 0.2) is 0 Å². The molecule has 2 fully saturated rings. The Labute approximate surface area is 178 Å². The van der Waals surface area contributed by atoms with Crippen LogP contribution in [0.25, 0.3) is 11.1 Å². The van der Waals surface area contributed by atoms with E-state index in [0.29, 0.717) is 12.0 Å². The first kappa shape index (κ1) is 22.0. The Kier molecular flexibility index (Phi) is 5.74. The third-order valence-corrected chi connectivity index (χ3v) is 6.31. The molecule has 1 amide bonds. The van der Waals surface area contributed by atoms with Crippen LogP contribution in [-0.2, 0) is 16.2 Å². The van der Waals surface area contributed by atoms with Crippen molar-refractivity contribution in [1.82, 2.24) is 9.62 Å². The van der Waals surface area contributed by atoms with E-state index in [1.807, 2.05) is 0 Å². The molecular formula is C21H19F5N2O2S. The van der Waals surface area contributed by atoms with Gasteiger partial charge in [-0.25, -0.2) is 22.0 Å². The zero-order valence-electron chi connectivity index (χ0n) is 16.4. The number of rotatable bonds is 5. The van der Waals surface area contributed by atoms with Gasteiger partial charge in [-0.15, -0.1) is 4.72 Å². The second-order valence-electron chi connectivity index (χ2n) is 7.88. The molecular weight excluding hydrogens is 439 g/mol. The van der Waals surface area contributed by atoms with Crippen LogP contribution < -0.4 is 4.72 Å². The molecule has 4 unspecified atom stereocenters. The lowest BCUT2D eigenvalue weighted by Crippen LogP contribution is -2.46. The highest BCUT2D eigenvalue weighted by molar-refractivity contribution is 7.88. The van der Waals surface area contributed by atoms with Gasteiger partial charge in [0.25, 0.3) is 5.92 Å². The van der Waals surface area contributed by atoms with Gasteiger partial charge in [-0.05, 0) is 47.7 Å². The quantitative estimate of drug-likeness (QED) is 0.550. The van der Waals surface area contributed by atoms with Gasteiger partial charge < -0.3 is 9.45 Å². The molecule has 4 nitrogen and oxygen atoms in total. The maximum Gasteiger partial charge on any atom is 0.286 e. The maximum atomic E-state index is 14.3. The van der Waals surface area contributed by atoms with Gasteiger partial charge in [0, 0.05) is 23.8 Å². The van der Waals surface area contributed by atoms with Crippen molar-refractivity contribution >= 4 is 17.3 Å². The van der Waals surface area contributed by atoms with Gasteiger partial charge in [-0.3, -0.25) is 4.79 Å². The Balaban J connectivity index is 1.57. The first-order valence-electron chi connectivity index (χ1n) is 9.58. The maximum absolute atomic E-state index is 14.3. The molecule has 0 bridgehead atoms. The lowest BCUT2D eigenvalue weighted by Gasteiger charge is -2.17. The van der Waals surface area contributed by atoms with Crippen LogP contribution in [0, 0.1) is 23.4 Å². The second-order valence-corrected chi connectivity index (χ2v) is 9.03. The number of nitrogens with one attached hydrogen (secondary N) is 1. The van der Waals surface area contributed by atoms with Gasteiger partial charge in [-0.2, -0.15) is 0 Å². The van der Waals surface area contributed by atoms with Gasteiger partial charge >= 0.3 is 0 Å². The number of benzene rings is 2.